The molecule has 1 amide bonds. The number of alkyl halides is 1. The normalized spacial score (nSPS) is 9.93. The van der Waals surface area contributed by atoms with Gasteiger partial charge < -0.3 is 5.73 Å². The van der Waals surface area contributed by atoms with Crippen molar-refractivity contribution < 1.29 is 9.59 Å². The summed E-state index contributed by atoms with van der Waals surface area (Å²) >= 11 is 3.27. The SMILES string of the molecule is NC(=O)c1ccc(C(=O)CCCBr)cc1. The van der Waals surface area contributed by atoms with Crippen LogP contribution in [0.1, 0.15) is 33.6 Å². The molecule has 1 rings (SSSR count). The largest absolute Gasteiger partial charge is 0.366 e. The Morgan fingerprint density at radius 3 is 2.13 bits per heavy atom. The van der Waals surface area contributed by atoms with Gasteiger partial charge in [0, 0.05) is 22.9 Å². The Balaban J connectivity index is 2.71. The first-order valence-corrected chi connectivity index (χ1v) is 5.76. The van der Waals surface area contributed by atoms with E-state index in [1.54, 1.807) is 24.3 Å². The molecule has 0 aliphatic carbocycles. The van der Waals surface area contributed by atoms with Gasteiger partial charge in [0.1, 0.15) is 0 Å². The number of carbonyl (C=O) groups is 2. The summed E-state index contributed by atoms with van der Waals surface area (Å²) in [5, 5.41) is 0.818. The van der Waals surface area contributed by atoms with Crippen LogP contribution < -0.4 is 5.73 Å². The number of rotatable bonds is 5. The maximum Gasteiger partial charge on any atom is 0.248 e. The van der Waals surface area contributed by atoms with Crippen molar-refractivity contribution in [1.29, 1.82) is 0 Å². The van der Waals surface area contributed by atoms with Crippen molar-refractivity contribution in [3.05, 3.63) is 35.4 Å². The van der Waals surface area contributed by atoms with Crippen LogP contribution in [0.2, 0.25) is 0 Å². The van der Waals surface area contributed by atoms with Crippen LogP contribution in [0.15, 0.2) is 24.3 Å². The van der Waals surface area contributed by atoms with Crippen LogP contribution in [-0.4, -0.2) is 17.0 Å². The maximum absolute atomic E-state index is 11.5. The fraction of sp³-hybridized carbons (Fsp3) is 0.273. The topological polar surface area (TPSA) is 60.2 Å². The number of ketones is 1. The molecule has 1 aromatic carbocycles. The average molecular weight is 270 g/mol. The fourth-order valence-corrected chi connectivity index (χ4v) is 1.47. The van der Waals surface area contributed by atoms with Gasteiger partial charge in [-0.3, -0.25) is 9.59 Å². The van der Waals surface area contributed by atoms with Crippen molar-refractivity contribution in [2.75, 3.05) is 5.33 Å². The highest BCUT2D eigenvalue weighted by molar-refractivity contribution is 9.09. The van der Waals surface area contributed by atoms with Gasteiger partial charge in [0.25, 0.3) is 0 Å². The summed E-state index contributed by atoms with van der Waals surface area (Å²) in [6.45, 7) is 0. The molecule has 80 valence electrons. The van der Waals surface area contributed by atoms with E-state index >= 15 is 0 Å². The van der Waals surface area contributed by atoms with Crippen LogP contribution >= 0.6 is 15.9 Å². The minimum absolute atomic E-state index is 0.0884. The summed E-state index contributed by atoms with van der Waals surface area (Å²) < 4.78 is 0. The van der Waals surface area contributed by atoms with Crippen LogP contribution in [0.5, 0.6) is 0 Å². The Morgan fingerprint density at radius 1 is 1.13 bits per heavy atom. The second-order valence-corrected chi connectivity index (χ2v) is 3.95. The monoisotopic (exact) mass is 269 g/mol. The van der Waals surface area contributed by atoms with E-state index in [9.17, 15) is 9.59 Å². The molecule has 4 heteroatoms. The minimum atomic E-state index is -0.477. The second kappa shape index (κ2) is 5.66. The van der Waals surface area contributed by atoms with E-state index in [1.165, 1.54) is 0 Å². The van der Waals surface area contributed by atoms with E-state index < -0.39 is 5.91 Å². The predicted octanol–water partition coefficient (Wildman–Crippen LogP) is 2.14. The average Bonchev–Trinajstić information content (AvgIpc) is 2.26. The van der Waals surface area contributed by atoms with Gasteiger partial charge in [0.2, 0.25) is 5.91 Å². The Kier molecular flexibility index (Phi) is 4.49. The fourth-order valence-electron chi connectivity index (χ4n) is 1.19. The zero-order valence-corrected chi connectivity index (χ0v) is 9.79. The third-order valence-electron chi connectivity index (χ3n) is 2.03. The molecular weight excluding hydrogens is 258 g/mol. The van der Waals surface area contributed by atoms with Crippen LogP contribution in [0.3, 0.4) is 0 Å². The third kappa shape index (κ3) is 3.47. The van der Waals surface area contributed by atoms with Crippen molar-refractivity contribution in [2.45, 2.75) is 12.8 Å². The van der Waals surface area contributed by atoms with Crippen LogP contribution in [0.25, 0.3) is 0 Å². The highest BCUT2D eigenvalue weighted by atomic mass is 79.9. The smallest absolute Gasteiger partial charge is 0.248 e. The molecule has 1 aromatic rings. The van der Waals surface area contributed by atoms with Gasteiger partial charge in [0.15, 0.2) is 5.78 Å². The molecule has 0 aliphatic rings. The van der Waals surface area contributed by atoms with Gasteiger partial charge in [-0.05, 0) is 18.6 Å². The molecule has 0 aliphatic heterocycles. The van der Waals surface area contributed by atoms with Crippen molar-refractivity contribution in [1.82, 2.24) is 0 Å². The number of primary amides is 1. The van der Waals surface area contributed by atoms with Crippen LogP contribution in [0.4, 0.5) is 0 Å². The number of halogens is 1. The summed E-state index contributed by atoms with van der Waals surface area (Å²) in [6, 6.07) is 6.42. The van der Waals surface area contributed by atoms with E-state index in [0.717, 1.165) is 11.8 Å². The Labute approximate surface area is 96.8 Å². The van der Waals surface area contributed by atoms with Crippen LogP contribution in [0, 0.1) is 0 Å². The van der Waals surface area contributed by atoms with Gasteiger partial charge in [-0.2, -0.15) is 0 Å². The van der Waals surface area contributed by atoms with Gasteiger partial charge in [-0.25, -0.2) is 0 Å². The highest BCUT2D eigenvalue weighted by Crippen LogP contribution is 2.08. The van der Waals surface area contributed by atoms with E-state index in [4.69, 9.17) is 5.73 Å². The predicted molar refractivity (Wildman–Crippen MR) is 62.3 cm³/mol. The summed E-state index contributed by atoms with van der Waals surface area (Å²) in [5.41, 5.74) is 6.14. The first-order chi connectivity index (χ1) is 7.15. The van der Waals surface area contributed by atoms with Crippen molar-refractivity contribution in [2.24, 2.45) is 5.73 Å². The number of Topliss-reactive ketones (excluding diaryl/α,β-unsaturated/α-hetero) is 1. The maximum atomic E-state index is 11.5. The molecule has 0 radical (unpaired) electrons. The van der Waals surface area contributed by atoms with E-state index in [2.05, 4.69) is 15.9 Å². The van der Waals surface area contributed by atoms with E-state index in [1.807, 2.05) is 0 Å². The Morgan fingerprint density at radius 2 is 1.67 bits per heavy atom. The quantitative estimate of drug-likeness (QED) is 0.658. The lowest BCUT2D eigenvalue weighted by Crippen LogP contribution is -2.11. The lowest BCUT2D eigenvalue weighted by Gasteiger charge is -2.00. The first-order valence-electron chi connectivity index (χ1n) is 4.64. The number of hydrogen-bond donors (Lipinski definition) is 1. The molecule has 0 saturated heterocycles. The number of hydrogen-bond acceptors (Lipinski definition) is 2. The van der Waals surface area contributed by atoms with E-state index in [-0.39, 0.29) is 5.78 Å². The van der Waals surface area contributed by atoms with E-state index in [0.29, 0.717) is 17.5 Å². The standard InChI is InChI=1S/C11H12BrNO2/c12-7-1-2-10(14)8-3-5-9(6-4-8)11(13)15/h3-6H,1-2,7H2,(H2,13,15). The molecule has 0 atom stereocenters. The zero-order valence-electron chi connectivity index (χ0n) is 8.20. The van der Waals surface area contributed by atoms with Gasteiger partial charge >= 0.3 is 0 Å². The van der Waals surface area contributed by atoms with Gasteiger partial charge in [0.05, 0.1) is 0 Å². The number of amides is 1. The highest BCUT2D eigenvalue weighted by Gasteiger charge is 2.06. The van der Waals surface area contributed by atoms with Crippen molar-refractivity contribution in [3.63, 3.8) is 0 Å². The molecule has 3 nitrogen and oxygen atoms in total. The van der Waals surface area contributed by atoms with Crippen molar-refractivity contribution in [3.8, 4) is 0 Å². The summed E-state index contributed by atoms with van der Waals surface area (Å²) in [7, 11) is 0. The Bertz CT molecular complexity index is 359. The van der Waals surface area contributed by atoms with Crippen LogP contribution in [-0.2, 0) is 0 Å². The molecule has 2 N–H and O–H groups in total. The summed E-state index contributed by atoms with van der Waals surface area (Å²) in [6.07, 6.45) is 1.33. The number of carbonyl (C=O) groups excluding carboxylic acids is 2. The third-order valence-corrected chi connectivity index (χ3v) is 2.59. The second-order valence-electron chi connectivity index (χ2n) is 3.16. The molecule has 0 aromatic heterocycles. The first kappa shape index (κ1) is 11.9. The summed E-state index contributed by atoms with van der Waals surface area (Å²) in [5.74, 6) is -0.389. The number of benzene rings is 1. The molecule has 0 bridgehead atoms. The van der Waals surface area contributed by atoms with Gasteiger partial charge in [-0.1, -0.05) is 28.1 Å². The molecule has 0 unspecified atom stereocenters. The molecule has 0 spiro atoms. The molecule has 0 fully saturated rings. The number of nitrogens with two attached hydrogens (primary N) is 1. The molecule has 0 heterocycles. The lowest BCUT2D eigenvalue weighted by atomic mass is 10.1. The lowest BCUT2D eigenvalue weighted by molar-refractivity contribution is 0.0976. The zero-order chi connectivity index (χ0) is 11.3. The molecule has 0 saturated carbocycles. The minimum Gasteiger partial charge on any atom is -0.366 e. The molecule has 15 heavy (non-hydrogen) atoms. The summed E-state index contributed by atoms with van der Waals surface area (Å²) in [4.78, 5) is 22.3. The molecular formula is C11H12BrNO2. The van der Waals surface area contributed by atoms with Crippen molar-refractivity contribution >= 4 is 27.6 Å². The Hall–Kier alpha value is -1.16. The van der Waals surface area contributed by atoms with Gasteiger partial charge in [-0.15, -0.1) is 0 Å².